The summed E-state index contributed by atoms with van der Waals surface area (Å²) in [4.78, 5) is 10.6. The van der Waals surface area contributed by atoms with E-state index in [9.17, 15) is 0 Å². The number of fused-ring (bicyclic) bond motifs is 2. The van der Waals surface area contributed by atoms with Crippen molar-refractivity contribution in [3.63, 3.8) is 0 Å². The van der Waals surface area contributed by atoms with Gasteiger partial charge in [0, 0.05) is 50.8 Å². The molecule has 0 fully saturated rings. The number of hydrogen-bond acceptors (Lipinski definition) is 4. The molecule has 1 aliphatic heterocycles. The summed E-state index contributed by atoms with van der Waals surface area (Å²) in [6.45, 7) is 5.14. The minimum absolute atomic E-state index is 0.927. The van der Waals surface area contributed by atoms with Crippen molar-refractivity contribution in [2.75, 3.05) is 6.54 Å². The van der Waals surface area contributed by atoms with Gasteiger partial charge in [-0.05, 0) is 42.8 Å². The first-order valence-electron chi connectivity index (χ1n) is 10.8. The molecule has 32 heavy (non-hydrogen) atoms. The molecule has 3 aromatic heterocycles. The molecule has 6 rings (SSSR count). The fraction of sp³-hybridized carbons (Fsp3) is 0.143. The Balaban J connectivity index is 0.000000135. The largest absolute Gasteiger partial charge is 0.284 e. The van der Waals surface area contributed by atoms with Gasteiger partial charge in [0.05, 0.1) is 11.4 Å². The van der Waals surface area contributed by atoms with E-state index in [1.807, 2.05) is 17.5 Å². The van der Waals surface area contributed by atoms with Crippen LogP contribution in [-0.4, -0.2) is 17.2 Å². The molecule has 0 saturated carbocycles. The number of aromatic nitrogens is 1. The lowest BCUT2D eigenvalue weighted by molar-refractivity contribution is 0.965. The van der Waals surface area contributed by atoms with E-state index < -0.39 is 0 Å². The summed E-state index contributed by atoms with van der Waals surface area (Å²) in [5, 5.41) is 5.53. The zero-order valence-corrected chi connectivity index (χ0v) is 19.8. The molecule has 0 spiro atoms. The fourth-order valence-corrected chi connectivity index (χ4v) is 5.55. The topological polar surface area (TPSA) is 25.2 Å². The highest BCUT2D eigenvalue weighted by atomic mass is 32.1. The minimum atomic E-state index is 0.927. The molecule has 0 N–H and O–H groups in total. The average Bonchev–Trinajstić information content (AvgIpc) is 3.50. The van der Waals surface area contributed by atoms with Crippen LogP contribution in [0.2, 0.25) is 0 Å². The van der Waals surface area contributed by atoms with Gasteiger partial charge in [0.2, 0.25) is 0 Å². The summed E-state index contributed by atoms with van der Waals surface area (Å²) in [6.07, 6.45) is 2.98. The number of rotatable bonds is 2. The van der Waals surface area contributed by atoms with Gasteiger partial charge in [0.15, 0.2) is 0 Å². The van der Waals surface area contributed by atoms with Crippen molar-refractivity contribution in [2.24, 2.45) is 4.99 Å². The molecule has 4 heterocycles. The molecule has 158 valence electrons. The van der Waals surface area contributed by atoms with Gasteiger partial charge < -0.3 is 0 Å². The van der Waals surface area contributed by atoms with E-state index in [0.717, 1.165) is 18.7 Å². The number of benzene rings is 2. The number of hydrogen-bond donors (Lipinski definition) is 0. The van der Waals surface area contributed by atoms with Gasteiger partial charge in [-0.3, -0.25) is 9.98 Å². The van der Waals surface area contributed by atoms with Crippen LogP contribution in [0.25, 0.3) is 21.3 Å². The summed E-state index contributed by atoms with van der Waals surface area (Å²) in [6, 6.07) is 23.6. The van der Waals surface area contributed by atoms with Crippen molar-refractivity contribution in [3.05, 3.63) is 111 Å². The van der Waals surface area contributed by atoms with Crippen LogP contribution in [-0.2, 0) is 6.42 Å². The maximum atomic E-state index is 4.67. The van der Waals surface area contributed by atoms with Crippen molar-refractivity contribution < 1.29 is 0 Å². The van der Waals surface area contributed by atoms with Crippen LogP contribution in [0.15, 0.2) is 88.7 Å². The Kier molecular flexibility index (Phi) is 5.97. The van der Waals surface area contributed by atoms with Gasteiger partial charge in [-0.15, -0.1) is 22.7 Å². The fourth-order valence-electron chi connectivity index (χ4n) is 3.89. The van der Waals surface area contributed by atoms with Crippen molar-refractivity contribution in [1.82, 2.24) is 4.98 Å². The number of aryl methyl sites for hydroxylation is 2. The van der Waals surface area contributed by atoms with Crippen LogP contribution in [0.4, 0.5) is 0 Å². The highest BCUT2D eigenvalue weighted by Crippen LogP contribution is 2.29. The quantitative estimate of drug-likeness (QED) is 0.269. The Morgan fingerprint density at radius 1 is 0.719 bits per heavy atom. The van der Waals surface area contributed by atoms with Gasteiger partial charge in [0.1, 0.15) is 0 Å². The van der Waals surface area contributed by atoms with E-state index in [1.54, 1.807) is 11.3 Å². The number of aliphatic imine (C=N–C) groups is 1. The monoisotopic (exact) mass is 452 g/mol. The molecule has 0 bridgehead atoms. The molecule has 0 radical (unpaired) electrons. The van der Waals surface area contributed by atoms with Gasteiger partial charge in [-0.25, -0.2) is 0 Å². The van der Waals surface area contributed by atoms with Crippen molar-refractivity contribution in [1.29, 1.82) is 0 Å². The molecule has 2 aromatic carbocycles. The molecule has 0 saturated heterocycles. The number of nitrogens with zero attached hydrogens (tertiary/aromatic N) is 2. The van der Waals surface area contributed by atoms with Crippen LogP contribution in [0.5, 0.6) is 0 Å². The maximum Gasteiger partial charge on any atom is 0.0788 e. The predicted molar refractivity (Wildman–Crippen MR) is 140 cm³/mol. The second-order valence-corrected chi connectivity index (χ2v) is 9.91. The Morgan fingerprint density at radius 3 is 2.16 bits per heavy atom. The summed E-state index contributed by atoms with van der Waals surface area (Å²) in [5.74, 6) is 0. The third-order valence-corrected chi connectivity index (χ3v) is 7.50. The van der Waals surface area contributed by atoms with Gasteiger partial charge >= 0.3 is 0 Å². The third kappa shape index (κ3) is 4.29. The Labute approximate surface area is 197 Å². The smallest absolute Gasteiger partial charge is 0.0788 e. The molecule has 0 aliphatic carbocycles. The molecule has 0 atom stereocenters. The summed E-state index contributed by atoms with van der Waals surface area (Å²) < 4.78 is 1.30. The highest BCUT2D eigenvalue weighted by Gasteiger charge is 2.16. The second kappa shape index (κ2) is 9.19. The minimum Gasteiger partial charge on any atom is -0.284 e. The van der Waals surface area contributed by atoms with E-state index in [1.165, 1.54) is 48.5 Å². The highest BCUT2D eigenvalue weighted by molar-refractivity contribution is 7.17. The van der Waals surface area contributed by atoms with E-state index in [0.29, 0.717) is 0 Å². The second-order valence-electron chi connectivity index (χ2n) is 7.96. The zero-order valence-electron chi connectivity index (χ0n) is 18.2. The van der Waals surface area contributed by atoms with Crippen LogP contribution < -0.4 is 0 Å². The van der Waals surface area contributed by atoms with Crippen molar-refractivity contribution in [2.45, 2.75) is 20.3 Å². The lowest BCUT2D eigenvalue weighted by Gasteiger charge is -2.13. The van der Waals surface area contributed by atoms with Crippen LogP contribution in [0.3, 0.4) is 0 Å². The molecule has 0 amide bonds. The van der Waals surface area contributed by atoms with Gasteiger partial charge in [-0.1, -0.05) is 59.7 Å². The predicted octanol–water partition coefficient (Wildman–Crippen LogP) is 7.72. The van der Waals surface area contributed by atoms with Crippen molar-refractivity contribution in [3.8, 4) is 11.3 Å². The summed E-state index contributed by atoms with van der Waals surface area (Å²) in [7, 11) is 0. The van der Waals surface area contributed by atoms with Crippen molar-refractivity contribution >= 4 is 38.5 Å². The normalized spacial score (nSPS) is 12.6. The molecular weight excluding hydrogens is 428 g/mol. The summed E-state index contributed by atoms with van der Waals surface area (Å²) in [5.41, 5.74) is 8.59. The number of thiophene rings is 2. The van der Waals surface area contributed by atoms with Crippen LogP contribution >= 0.6 is 22.7 Å². The first-order valence-corrected chi connectivity index (χ1v) is 12.5. The molecular formula is C28H24N2S2. The summed E-state index contributed by atoms with van der Waals surface area (Å²) >= 11 is 3.61. The van der Waals surface area contributed by atoms with Crippen LogP contribution in [0.1, 0.15) is 27.1 Å². The SMILES string of the molecule is Cc1ccc(-c2nccc3sccc23)cc1.Cc1ccc(C2=NCCc3sccc32)cc1. The van der Waals surface area contributed by atoms with E-state index in [2.05, 4.69) is 101 Å². The Morgan fingerprint density at radius 2 is 1.41 bits per heavy atom. The molecule has 1 aliphatic rings. The first-order chi connectivity index (χ1) is 15.7. The van der Waals surface area contributed by atoms with E-state index in [4.69, 9.17) is 0 Å². The lowest BCUT2D eigenvalue weighted by atomic mass is 9.99. The third-order valence-electron chi connectivity index (χ3n) is 5.64. The average molecular weight is 453 g/mol. The van der Waals surface area contributed by atoms with Gasteiger partial charge in [-0.2, -0.15) is 0 Å². The van der Waals surface area contributed by atoms with E-state index >= 15 is 0 Å². The van der Waals surface area contributed by atoms with Gasteiger partial charge in [0.25, 0.3) is 0 Å². The van der Waals surface area contributed by atoms with Crippen LogP contribution in [0, 0.1) is 13.8 Å². The first kappa shape index (κ1) is 20.8. The molecule has 2 nitrogen and oxygen atoms in total. The van der Waals surface area contributed by atoms with E-state index in [-0.39, 0.29) is 0 Å². The Bertz CT molecular complexity index is 1370. The standard InChI is InChI=1S/C14H13NS.C14H11NS/c2*1-10-2-4-11(5-3-10)14-12-7-9-16-13(12)6-8-15-14/h2-5,7,9H,6,8H2,1H3;2-9H,1H3. The number of pyridine rings is 1. The maximum absolute atomic E-state index is 4.67. The molecule has 5 aromatic rings. The Hall–Kier alpha value is -3.08. The zero-order chi connectivity index (χ0) is 21.9. The molecule has 0 unspecified atom stereocenters. The lowest BCUT2D eigenvalue weighted by Crippen LogP contribution is -2.11. The molecule has 4 heteroatoms.